The van der Waals surface area contributed by atoms with E-state index in [1.165, 1.54) is 21.9 Å². The molecule has 7 aromatic rings. The Kier molecular flexibility index (Phi) is 4.82. The number of hydrogen-bond acceptors (Lipinski definition) is 2. The molecule has 2 heteroatoms. The second kappa shape index (κ2) is 8.44. The summed E-state index contributed by atoms with van der Waals surface area (Å²) in [6.45, 7) is 0. The van der Waals surface area contributed by atoms with Crippen LogP contribution in [0.25, 0.3) is 55.0 Å². The average Bonchev–Trinajstić information content (AvgIpc) is 3.31. The Hall–Kier alpha value is -4.82. The second-order valence-corrected chi connectivity index (χ2v) is 9.08. The predicted molar refractivity (Wildman–Crippen MR) is 152 cm³/mol. The molecule has 170 valence electrons. The highest BCUT2D eigenvalue weighted by atomic mass is 16.3. The predicted octanol–water partition coefficient (Wildman–Crippen LogP) is 9.82. The van der Waals surface area contributed by atoms with Crippen LogP contribution in [0.4, 0.5) is 11.4 Å². The molecule has 6 aromatic carbocycles. The van der Waals surface area contributed by atoms with Crippen LogP contribution in [0.5, 0.6) is 0 Å². The minimum Gasteiger partial charge on any atom is -0.456 e. The highest BCUT2D eigenvalue weighted by Crippen LogP contribution is 2.36. The van der Waals surface area contributed by atoms with E-state index in [1.807, 2.05) is 12.1 Å². The molecule has 0 atom stereocenters. The van der Waals surface area contributed by atoms with E-state index in [0.717, 1.165) is 44.4 Å². The van der Waals surface area contributed by atoms with Crippen LogP contribution in [0, 0.1) is 0 Å². The SMILES string of the molecule is c1ccc(-c2ccc3oc4ccccc4c3c2)c(Nc2ccc(-c3cccc4ccccc34)cc2)c1. The van der Waals surface area contributed by atoms with Gasteiger partial charge in [-0.15, -0.1) is 0 Å². The maximum absolute atomic E-state index is 6.03. The first-order valence-corrected chi connectivity index (χ1v) is 12.2. The van der Waals surface area contributed by atoms with Gasteiger partial charge in [0.1, 0.15) is 11.2 Å². The Balaban J connectivity index is 1.24. The quantitative estimate of drug-likeness (QED) is 0.282. The number of furan rings is 1. The lowest BCUT2D eigenvalue weighted by Crippen LogP contribution is -1.93. The Morgan fingerprint density at radius 3 is 2.03 bits per heavy atom. The molecule has 0 aliphatic rings. The van der Waals surface area contributed by atoms with Crippen LogP contribution < -0.4 is 5.32 Å². The Morgan fingerprint density at radius 1 is 0.444 bits per heavy atom. The smallest absolute Gasteiger partial charge is 0.135 e. The van der Waals surface area contributed by atoms with Crippen molar-refractivity contribution in [1.82, 2.24) is 0 Å². The van der Waals surface area contributed by atoms with Crippen molar-refractivity contribution < 1.29 is 4.42 Å². The van der Waals surface area contributed by atoms with E-state index in [-0.39, 0.29) is 0 Å². The lowest BCUT2D eigenvalue weighted by atomic mass is 9.98. The summed E-state index contributed by atoms with van der Waals surface area (Å²) in [6.07, 6.45) is 0. The van der Waals surface area contributed by atoms with Crippen molar-refractivity contribution in [3.05, 3.63) is 133 Å². The summed E-state index contributed by atoms with van der Waals surface area (Å²) in [5.74, 6) is 0. The van der Waals surface area contributed by atoms with Crippen molar-refractivity contribution in [3.63, 3.8) is 0 Å². The summed E-state index contributed by atoms with van der Waals surface area (Å²) in [7, 11) is 0. The van der Waals surface area contributed by atoms with E-state index >= 15 is 0 Å². The average molecular weight is 462 g/mol. The number of benzene rings is 6. The molecule has 0 fully saturated rings. The number of anilines is 2. The minimum absolute atomic E-state index is 0.911. The zero-order chi connectivity index (χ0) is 23.9. The topological polar surface area (TPSA) is 25.2 Å². The summed E-state index contributed by atoms with van der Waals surface area (Å²) in [5, 5.41) is 8.45. The fourth-order valence-corrected chi connectivity index (χ4v) is 5.10. The molecular formula is C34H23NO. The molecule has 0 unspecified atom stereocenters. The molecule has 0 radical (unpaired) electrons. The van der Waals surface area contributed by atoms with Gasteiger partial charge < -0.3 is 9.73 Å². The number of rotatable bonds is 4. The van der Waals surface area contributed by atoms with Gasteiger partial charge in [-0.25, -0.2) is 0 Å². The summed E-state index contributed by atoms with van der Waals surface area (Å²) in [5.41, 5.74) is 8.73. The van der Waals surface area contributed by atoms with Gasteiger partial charge in [0.15, 0.2) is 0 Å². The molecule has 0 saturated heterocycles. The molecule has 1 N–H and O–H groups in total. The molecule has 0 spiro atoms. The normalized spacial score (nSPS) is 11.3. The zero-order valence-electron chi connectivity index (χ0n) is 19.6. The van der Waals surface area contributed by atoms with Crippen LogP contribution in [-0.4, -0.2) is 0 Å². The second-order valence-electron chi connectivity index (χ2n) is 9.08. The molecular weight excluding hydrogens is 438 g/mol. The lowest BCUT2D eigenvalue weighted by molar-refractivity contribution is 0.669. The van der Waals surface area contributed by atoms with Crippen molar-refractivity contribution in [2.24, 2.45) is 0 Å². The molecule has 0 aliphatic heterocycles. The van der Waals surface area contributed by atoms with Gasteiger partial charge in [-0.05, 0) is 63.9 Å². The fourth-order valence-electron chi connectivity index (χ4n) is 5.10. The van der Waals surface area contributed by atoms with Crippen molar-refractivity contribution in [2.75, 3.05) is 5.32 Å². The highest BCUT2D eigenvalue weighted by Gasteiger charge is 2.11. The summed E-state index contributed by atoms with van der Waals surface area (Å²) in [6, 6.07) is 46.8. The van der Waals surface area contributed by atoms with Crippen molar-refractivity contribution in [1.29, 1.82) is 0 Å². The van der Waals surface area contributed by atoms with Crippen LogP contribution in [-0.2, 0) is 0 Å². The summed E-state index contributed by atoms with van der Waals surface area (Å²) in [4.78, 5) is 0. The molecule has 0 amide bonds. The van der Waals surface area contributed by atoms with Gasteiger partial charge in [0.2, 0.25) is 0 Å². The molecule has 1 heterocycles. The van der Waals surface area contributed by atoms with Gasteiger partial charge in [0, 0.05) is 27.7 Å². The third kappa shape index (κ3) is 3.52. The van der Waals surface area contributed by atoms with Crippen LogP contribution in [0.3, 0.4) is 0 Å². The molecule has 0 bridgehead atoms. The van der Waals surface area contributed by atoms with Gasteiger partial charge in [-0.1, -0.05) is 97.1 Å². The first-order chi connectivity index (χ1) is 17.8. The lowest BCUT2D eigenvalue weighted by Gasteiger charge is -2.13. The first kappa shape index (κ1) is 20.5. The first-order valence-electron chi connectivity index (χ1n) is 12.2. The van der Waals surface area contributed by atoms with Crippen molar-refractivity contribution in [3.8, 4) is 22.3 Å². The van der Waals surface area contributed by atoms with Crippen LogP contribution >= 0.6 is 0 Å². The Bertz CT molecular complexity index is 1860. The number of fused-ring (bicyclic) bond motifs is 4. The van der Waals surface area contributed by atoms with Crippen LogP contribution in [0.2, 0.25) is 0 Å². The van der Waals surface area contributed by atoms with E-state index in [0.29, 0.717) is 0 Å². The van der Waals surface area contributed by atoms with Crippen LogP contribution in [0.1, 0.15) is 0 Å². The third-order valence-electron chi connectivity index (χ3n) is 6.88. The van der Waals surface area contributed by atoms with E-state index < -0.39 is 0 Å². The molecule has 1 aromatic heterocycles. The summed E-state index contributed by atoms with van der Waals surface area (Å²) < 4.78 is 6.03. The largest absolute Gasteiger partial charge is 0.456 e. The van der Waals surface area contributed by atoms with Gasteiger partial charge in [0.25, 0.3) is 0 Å². The maximum Gasteiger partial charge on any atom is 0.135 e. The van der Waals surface area contributed by atoms with Crippen LogP contribution in [0.15, 0.2) is 138 Å². The van der Waals surface area contributed by atoms with E-state index in [1.54, 1.807) is 0 Å². The standard InChI is InChI=1S/C34H23NO/c1-2-10-27-23(8-1)9-7-13-28(27)24-16-19-26(20-17-24)35-32-14-5-3-11-29(32)25-18-21-34-31(22-25)30-12-4-6-15-33(30)36-34/h1-22,35H. The number of nitrogens with one attached hydrogen (secondary N) is 1. The molecule has 7 rings (SSSR count). The molecule has 2 nitrogen and oxygen atoms in total. The van der Waals surface area contributed by atoms with Gasteiger partial charge >= 0.3 is 0 Å². The van der Waals surface area contributed by atoms with E-state index in [9.17, 15) is 0 Å². The highest BCUT2D eigenvalue weighted by molar-refractivity contribution is 6.06. The molecule has 0 saturated carbocycles. The van der Waals surface area contributed by atoms with Gasteiger partial charge in [0.05, 0.1) is 0 Å². The van der Waals surface area contributed by atoms with E-state index in [4.69, 9.17) is 4.42 Å². The fraction of sp³-hybridized carbons (Fsp3) is 0. The minimum atomic E-state index is 0.911. The van der Waals surface area contributed by atoms with Crippen molar-refractivity contribution >= 4 is 44.1 Å². The third-order valence-corrected chi connectivity index (χ3v) is 6.88. The molecule has 36 heavy (non-hydrogen) atoms. The molecule has 0 aliphatic carbocycles. The number of para-hydroxylation sites is 2. The van der Waals surface area contributed by atoms with E-state index in [2.05, 4.69) is 127 Å². The Labute approximate surface area is 209 Å². The van der Waals surface area contributed by atoms with Crippen molar-refractivity contribution in [2.45, 2.75) is 0 Å². The zero-order valence-corrected chi connectivity index (χ0v) is 19.6. The van der Waals surface area contributed by atoms with Gasteiger partial charge in [-0.3, -0.25) is 0 Å². The Morgan fingerprint density at radius 2 is 1.11 bits per heavy atom. The number of hydrogen-bond donors (Lipinski definition) is 1. The monoisotopic (exact) mass is 461 g/mol. The maximum atomic E-state index is 6.03. The summed E-state index contributed by atoms with van der Waals surface area (Å²) >= 11 is 0. The van der Waals surface area contributed by atoms with Gasteiger partial charge in [-0.2, -0.15) is 0 Å².